The Balaban J connectivity index is 4.36. The molecule has 0 amide bonds. The van der Waals surface area contributed by atoms with Gasteiger partial charge in [-0.1, -0.05) is 6.08 Å². The van der Waals surface area contributed by atoms with Gasteiger partial charge in [0.25, 0.3) is 0 Å². The predicted molar refractivity (Wildman–Crippen MR) is 56.1 cm³/mol. The lowest BCUT2D eigenvalue weighted by atomic mass is 10.1. The molecule has 0 rings (SSSR count). The molecule has 3 heteroatoms. The second-order valence-electron chi connectivity index (χ2n) is 3.11. The molecule has 0 saturated carbocycles. The Morgan fingerprint density at radius 2 is 2.00 bits per heavy atom. The molecule has 13 heavy (non-hydrogen) atoms. The Morgan fingerprint density at radius 3 is 2.31 bits per heavy atom. The van der Waals surface area contributed by atoms with Gasteiger partial charge in [0.2, 0.25) is 0 Å². The molecule has 0 aliphatic carbocycles. The van der Waals surface area contributed by atoms with Crippen molar-refractivity contribution in [1.82, 2.24) is 4.90 Å². The van der Waals surface area contributed by atoms with E-state index in [1.54, 1.807) is 7.05 Å². The highest BCUT2D eigenvalue weighted by atomic mass is 16.1. The van der Waals surface area contributed by atoms with E-state index in [0.717, 1.165) is 11.4 Å². The van der Waals surface area contributed by atoms with Crippen LogP contribution in [0.1, 0.15) is 20.3 Å². The number of hydrogen-bond donors (Lipinski definition) is 0. The number of allylic oxidation sites excluding steroid dienone is 2. The molecule has 0 fully saturated rings. The Kier molecular flexibility index (Phi) is 5.04. The van der Waals surface area contributed by atoms with Crippen LogP contribution < -0.4 is 0 Å². The normalized spacial score (nSPS) is 13.0. The summed E-state index contributed by atoms with van der Waals surface area (Å²) in [6.45, 7) is 3.69. The quantitative estimate of drug-likeness (QED) is 0.376. The molecule has 0 N–H and O–H groups in total. The standard InChI is InChI=1S/C10H18N2O/c1-6-8(2)9(13)7-10(11-3)12(4)5/h6H,7H2,1-5H3/b8-6-,11-10?. The number of hydrogen-bond acceptors (Lipinski definition) is 2. The molecule has 0 spiro atoms. The number of ketones is 1. The van der Waals surface area contributed by atoms with E-state index in [1.807, 2.05) is 38.9 Å². The van der Waals surface area contributed by atoms with Crippen LogP contribution in [0.3, 0.4) is 0 Å². The summed E-state index contributed by atoms with van der Waals surface area (Å²) >= 11 is 0. The molecule has 0 saturated heterocycles. The Bertz CT molecular complexity index is 239. The van der Waals surface area contributed by atoms with Gasteiger partial charge in [0.05, 0.1) is 6.42 Å². The third kappa shape index (κ3) is 3.87. The minimum absolute atomic E-state index is 0.136. The van der Waals surface area contributed by atoms with Crippen molar-refractivity contribution >= 4 is 11.6 Å². The van der Waals surface area contributed by atoms with Crippen molar-refractivity contribution in [3.63, 3.8) is 0 Å². The minimum atomic E-state index is 0.136. The molecule has 0 radical (unpaired) electrons. The molecule has 0 heterocycles. The van der Waals surface area contributed by atoms with Crippen molar-refractivity contribution in [1.29, 1.82) is 0 Å². The van der Waals surface area contributed by atoms with Crippen LogP contribution in [-0.2, 0) is 4.79 Å². The number of amidine groups is 1. The molecule has 0 aliphatic rings. The first-order valence-corrected chi connectivity index (χ1v) is 4.32. The van der Waals surface area contributed by atoms with Crippen molar-refractivity contribution in [2.45, 2.75) is 20.3 Å². The van der Waals surface area contributed by atoms with Gasteiger partial charge in [0.15, 0.2) is 5.78 Å². The van der Waals surface area contributed by atoms with E-state index in [1.165, 1.54) is 0 Å². The van der Waals surface area contributed by atoms with E-state index in [4.69, 9.17) is 0 Å². The summed E-state index contributed by atoms with van der Waals surface area (Å²) in [6, 6.07) is 0. The number of carbonyl (C=O) groups excluding carboxylic acids is 1. The van der Waals surface area contributed by atoms with Crippen LogP contribution >= 0.6 is 0 Å². The zero-order chi connectivity index (χ0) is 10.4. The number of Topliss-reactive ketones (excluding diaryl/α,β-unsaturated/α-hetero) is 1. The van der Waals surface area contributed by atoms with Crippen molar-refractivity contribution in [2.24, 2.45) is 4.99 Å². The van der Waals surface area contributed by atoms with Crippen molar-refractivity contribution in [2.75, 3.05) is 21.1 Å². The van der Waals surface area contributed by atoms with E-state index in [2.05, 4.69) is 4.99 Å². The Labute approximate surface area is 80.2 Å². The van der Waals surface area contributed by atoms with Crippen molar-refractivity contribution < 1.29 is 4.79 Å². The van der Waals surface area contributed by atoms with Gasteiger partial charge in [0, 0.05) is 21.1 Å². The molecule has 74 valence electrons. The highest BCUT2D eigenvalue weighted by Gasteiger charge is 2.09. The first-order valence-electron chi connectivity index (χ1n) is 4.32. The molecule has 0 aromatic heterocycles. The predicted octanol–water partition coefficient (Wildman–Crippen LogP) is 1.50. The van der Waals surface area contributed by atoms with Crippen LogP contribution in [0.2, 0.25) is 0 Å². The monoisotopic (exact) mass is 182 g/mol. The van der Waals surface area contributed by atoms with Crippen LogP contribution in [0.25, 0.3) is 0 Å². The fourth-order valence-electron chi connectivity index (χ4n) is 0.881. The fraction of sp³-hybridized carbons (Fsp3) is 0.600. The first kappa shape index (κ1) is 11.9. The highest BCUT2D eigenvalue weighted by Crippen LogP contribution is 2.01. The lowest BCUT2D eigenvalue weighted by Gasteiger charge is -2.14. The van der Waals surface area contributed by atoms with E-state index < -0.39 is 0 Å². The second-order valence-corrected chi connectivity index (χ2v) is 3.11. The topological polar surface area (TPSA) is 32.7 Å². The lowest BCUT2D eigenvalue weighted by Crippen LogP contribution is -2.25. The zero-order valence-electron chi connectivity index (χ0n) is 9.09. The van der Waals surface area contributed by atoms with E-state index in [9.17, 15) is 4.79 Å². The molecular weight excluding hydrogens is 164 g/mol. The van der Waals surface area contributed by atoms with Crippen molar-refractivity contribution in [3.05, 3.63) is 11.6 Å². The summed E-state index contributed by atoms with van der Waals surface area (Å²) in [5.74, 6) is 0.947. The third-order valence-electron chi connectivity index (χ3n) is 1.97. The van der Waals surface area contributed by atoms with Gasteiger partial charge in [-0.25, -0.2) is 0 Å². The minimum Gasteiger partial charge on any atom is -0.366 e. The van der Waals surface area contributed by atoms with Crippen LogP contribution in [-0.4, -0.2) is 37.7 Å². The Hall–Kier alpha value is -1.12. The maximum absolute atomic E-state index is 11.5. The summed E-state index contributed by atoms with van der Waals surface area (Å²) in [5, 5.41) is 0. The van der Waals surface area contributed by atoms with Gasteiger partial charge in [-0.3, -0.25) is 9.79 Å². The SMILES string of the molecule is C/C=C(/C)C(=O)CC(=NC)N(C)C. The van der Waals surface area contributed by atoms with Crippen LogP contribution in [0.5, 0.6) is 0 Å². The van der Waals surface area contributed by atoms with Crippen molar-refractivity contribution in [3.8, 4) is 0 Å². The van der Waals surface area contributed by atoms with Gasteiger partial charge in [-0.05, 0) is 19.4 Å². The van der Waals surface area contributed by atoms with Gasteiger partial charge in [-0.15, -0.1) is 0 Å². The van der Waals surface area contributed by atoms with Gasteiger partial charge in [-0.2, -0.15) is 0 Å². The summed E-state index contributed by atoms with van der Waals surface area (Å²) < 4.78 is 0. The largest absolute Gasteiger partial charge is 0.366 e. The molecule has 0 atom stereocenters. The summed E-state index contributed by atoms with van der Waals surface area (Å²) in [5.41, 5.74) is 0.794. The highest BCUT2D eigenvalue weighted by molar-refractivity contribution is 6.08. The molecule has 0 aromatic carbocycles. The van der Waals surface area contributed by atoms with Crippen LogP contribution in [0.15, 0.2) is 16.6 Å². The lowest BCUT2D eigenvalue weighted by molar-refractivity contribution is -0.114. The van der Waals surface area contributed by atoms with Crippen LogP contribution in [0, 0.1) is 0 Å². The van der Waals surface area contributed by atoms with E-state index in [0.29, 0.717) is 6.42 Å². The summed E-state index contributed by atoms with van der Waals surface area (Å²) in [6.07, 6.45) is 2.21. The maximum Gasteiger partial charge on any atom is 0.165 e. The average Bonchev–Trinajstić information content (AvgIpc) is 2.11. The number of carbonyl (C=O) groups is 1. The Morgan fingerprint density at radius 1 is 1.46 bits per heavy atom. The maximum atomic E-state index is 11.5. The molecule has 0 bridgehead atoms. The molecule has 0 aromatic rings. The van der Waals surface area contributed by atoms with Crippen LogP contribution in [0.4, 0.5) is 0 Å². The zero-order valence-corrected chi connectivity index (χ0v) is 9.09. The first-order chi connectivity index (χ1) is 6.02. The van der Waals surface area contributed by atoms with Gasteiger partial charge in [0.1, 0.15) is 5.84 Å². The number of nitrogens with zero attached hydrogens (tertiary/aromatic N) is 2. The molecule has 0 unspecified atom stereocenters. The number of aliphatic imine (C=N–C) groups is 1. The smallest absolute Gasteiger partial charge is 0.165 e. The number of rotatable bonds is 3. The summed E-state index contributed by atoms with van der Waals surface area (Å²) in [7, 11) is 5.48. The van der Waals surface area contributed by atoms with E-state index >= 15 is 0 Å². The van der Waals surface area contributed by atoms with E-state index in [-0.39, 0.29) is 5.78 Å². The molecule has 0 aliphatic heterocycles. The fourth-order valence-corrected chi connectivity index (χ4v) is 0.881. The van der Waals surface area contributed by atoms with Gasteiger partial charge < -0.3 is 4.90 Å². The second kappa shape index (κ2) is 5.51. The van der Waals surface area contributed by atoms with Gasteiger partial charge >= 0.3 is 0 Å². The average molecular weight is 182 g/mol. The molecule has 3 nitrogen and oxygen atoms in total. The third-order valence-corrected chi connectivity index (χ3v) is 1.97. The molecular formula is C10H18N2O. The summed E-state index contributed by atoms with van der Waals surface area (Å²) in [4.78, 5) is 17.4.